The van der Waals surface area contributed by atoms with Crippen LogP contribution >= 0.6 is 0 Å². The molecule has 7 nitrogen and oxygen atoms in total. The standard InChI is InChI=1S/C24H24N6O/c1-15(2)23-21-19(29-30(23)17-7-6-12-25-14-17)11-10-16-13-26-24(28-22(16)21)27-18-8-4-5-9-20(18)31-3/h4-9,12-15H,10-11H2,1-3H3,(H,26,27,28). The van der Waals surface area contributed by atoms with E-state index in [1.807, 2.05) is 53.5 Å². The summed E-state index contributed by atoms with van der Waals surface area (Å²) in [5.74, 6) is 1.56. The third kappa shape index (κ3) is 3.42. The number of para-hydroxylation sites is 2. The summed E-state index contributed by atoms with van der Waals surface area (Å²) >= 11 is 0. The van der Waals surface area contributed by atoms with Crippen LogP contribution in [0, 0.1) is 0 Å². The van der Waals surface area contributed by atoms with Gasteiger partial charge in [-0.05, 0) is 48.6 Å². The molecule has 0 unspecified atom stereocenters. The van der Waals surface area contributed by atoms with E-state index in [2.05, 4.69) is 29.1 Å². The lowest BCUT2D eigenvalue weighted by molar-refractivity contribution is 0.417. The molecule has 3 aromatic heterocycles. The normalized spacial score (nSPS) is 12.4. The Balaban J connectivity index is 1.62. The van der Waals surface area contributed by atoms with Crippen LogP contribution in [0.2, 0.25) is 0 Å². The summed E-state index contributed by atoms with van der Waals surface area (Å²) in [6.45, 7) is 4.38. The van der Waals surface area contributed by atoms with Crippen molar-refractivity contribution in [3.63, 3.8) is 0 Å². The minimum absolute atomic E-state index is 0.267. The van der Waals surface area contributed by atoms with Crippen molar-refractivity contribution in [2.75, 3.05) is 12.4 Å². The summed E-state index contributed by atoms with van der Waals surface area (Å²) in [6, 6.07) is 11.7. The molecule has 1 aliphatic carbocycles. The zero-order valence-corrected chi connectivity index (χ0v) is 17.8. The molecule has 7 heteroatoms. The number of nitrogens with one attached hydrogen (secondary N) is 1. The number of rotatable bonds is 5. The Morgan fingerprint density at radius 2 is 1.94 bits per heavy atom. The number of aromatic nitrogens is 5. The molecule has 0 bridgehead atoms. The molecule has 5 rings (SSSR count). The highest BCUT2D eigenvalue weighted by atomic mass is 16.5. The van der Waals surface area contributed by atoms with Crippen molar-refractivity contribution in [3.8, 4) is 22.7 Å². The number of hydrogen-bond donors (Lipinski definition) is 1. The maximum absolute atomic E-state index is 5.45. The molecule has 1 N–H and O–H groups in total. The maximum atomic E-state index is 5.45. The van der Waals surface area contributed by atoms with Crippen molar-refractivity contribution >= 4 is 11.6 Å². The van der Waals surface area contributed by atoms with Crippen LogP contribution in [0.3, 0.4) is 0 Å². The number of anilines is 2. The van der Waals surface area contributed by atoms with Gasteiger partial charge in [-0.25, -0.2) is 14.6 Å². The van der Waals surface area contributed by atoms with Crippen molar-refractivity contribution in [2.45, 2.75) is 32.6 Å². The number of fused-ring (bicyclic) bond motifs is 3. The second-order valence-corrected chi connectivity index (χ2v) is 7.88. The molecular weight excluding hydrogens is 388 g/mol. The van der Waals surface area contributed by atoms with Gasteiger partial charge in [0, 0.05) is 18.0 Å². The van der Waals surface area contributed by atoms with Crippen LogP contribution in [0.15, 0.2) is 55.0 Å². The van der Waals surface area contributed by atoms with E-state index in [0.29, 0.717) is 5.95 Å². The van der Waals surface area contributed by atoms with Crippen LogP contribution in [-0.2, 0) is 12.8 Å². The van der Waals surface area contributed by atoms with Crippen molar-refractivity contribution in [1.82, 2.24) is 24.7 Å². The van der Waals surface area contributed by atoms with E-state index >= 15 is 0 Å². The van der Waals surface area contributed by atoms with Gasteiger partial charge < -0.3 is 10.1 Å². The minimum Gasteiger partial charge on any atom is -0.495 e. The van der Waals surface area contributed by atoms with Gasteiger partial charge in [-0.3, -0.25) is 4.98 Å². The second-order valence-electron chi connectivity index (χ2n) is 7.88. The molecule has 4 aromatic rings. The number of aryl methyl sites for hydroxylation is 2. The fraction of sp³-hybridized carbons (Fsp3) is 0.250. The first-order valence-electron chi connectivity index (χ1n) is 10.4. The third-order valence-corrected chi connectivity index (χ3v) is 5.52. The Hall–Kier alpha value is -3.74. The second kappa shape index (κ2) is 7.83. The molecule has 0 amide bonds. The first-order chi connectivity index (χ1) is 15.2. The molecule has 31 heavy (non-hydrogen) atoms. The summed E-state index contributed by atoms with van der Waals surface area (Å²) in [7, 11) is 1.66. The number of benzene rings is 1. The average Bonchev–Trinajstić information content (AvgIpc) is 3.21. The van der Waals surface area contributed by atoms with E-state index < -0.39 is 0 Å². The fourth-order valence-corrected chi connectivity index (χ4v) is 4.11. The summed E-state index contributed by atoms with van der Waals surface area (Å²) in [5.41, 5.74) is 7.22. The van der Waals surface area contributed by atoms with Crippen LogP contribution in [0.25, 0.3) is 16.9 Å². The molecule has 1 aliphatic rings. The highest BCUT2D eigenvalue weighted by Gasteiger charge is 2.29. The van der Waals surface area contributed by atoms with Gasteiger partial charge in [0.25, 0.3) is 0 Å². The van der Waals surface area contributed by atoms with Crippen molar-refractivity contribution in [3.05, 3.63) is 71.9 Å². The Labute approximate surface area is 181 Å². The van der Waals surface area contributed by atoms with Crippen LogP contribution in [0.1, 0.15) is 36.7 Å². The van der Waals surface area contributed by atoms with Crippen molar-refractivity contribution in [2.24, 2.45) is 0 Å². The Morgan fingerprint density at radius 3 is 2.71 bits per heavy atom. The summed E-state index contributed by atoms with van der Waals surface area (Å²) in [6.07, 6.45) is 7.30. The molecule has 0 saturated heterocycles. The predicted molar refractivity (Wildman–Crippen MR) is 120 cm³/mol. The molecule has 3 heterocycles. The topological polar surface area (TPSA) is 77.8 Å². The first-order valence-corrected chi connectivity index (χ1v) is 10.4. The Kier molecular flexibility index (Phi) is 4.86. The van der Waals surface area contributed by atoms with Gasteiger partial charge in [0.15, 0.2) is 0 Å². The molecule has 0 spiro atoms. The first kappa shape index (κ1) is 19.2. The van der Waals surface area contributed by atoms with Gasteiger partial charge in [0.1, 0.15) is 5.75 Å². The summed E-state index contributed by atoms with van der Waals surface area (Å²) in [5, 5.41) is 8.27. The Bertz CT molecular complexity index is 1230. The van der Waals surface area contributed by atoms with Crippen molar-refractivity contribution < 1.29 is 4.74 Å². The summed E-state index contributed by atoms with van der Waals surface area (Å²) in [4.78, 5) is 13.8. The van der Waals surface area contributed by atoms with Crippen LogP contribution < -0.4 is 10.1 Å². The minimum atomic E-state index is 0.267. The Morgan fingerprint density at radius 1 is 1.06 bits per heavy atom. The van der Waals surface area contributed by atoms with Gasteiger partial charge in [0.05, 0.1) is 41.8 Å². The lowest BCUT2D eigenvalue weighted by atomic mass is 9.90. The number of nitrogens with zero attached hydrogens (tertiary/aromatic N) is 5. The smallest absolute Gasteiger partial charge is 0.227 e. The molecule has 1 aromatic carbocycles. The highest BCUT2D eigenvalue weighted by molar-refractivity contribution is 5.73. The molecule has 0 atom stereocenters. The molecule has 0 fully saturated rings. The summed E-state index contributed by atoms with van der Waals surface area (Å²) < 4.78 is 7.47. The maximum Gasteiger partial charge on any atom is 0.227 e. The monoisotopic (exact) mass is 412 g/mol. The number of pyridine rings is 1. The van der Waals surface area contributed by atoms with Crippen LogP contribution in [-0.4, -0.2) is 31.8 Å². The van der Waals surface area contributed by atoms with E-state index in [1.54, 1.807) is 13.3 Å². The fourth-order valence-electron chi connectivity index (χ4n) is 4.11. The quantitative estimate of drug-likeness (QED) is 0.512. The molecular formula is C24H24N6O. The lowest BCUT2D eigenvalue weighted by Gasteiger charge is -2.18. The SMILES string of the molecule is COc1ccccc1Nc1ncc2c(n1)-c1c(nn(-c3cccnc3)c1C(C)C)CC2. The van der Waals surface area contributed by atoms with Gasteiger partial charge in [-0.15, -0.1) is 0 Å². The third-order valence-electron chi connectivity index (χ3n) is 5.52. The van der Waals surface area contributed by atoms with Gasteiger partial charge in [0.2, 0.25) is 5.95 Å². The van der Waals surface area contributed by atoms with E-state index in [1.165, 1.54) is 0 Å². The van der Waals surface area contributed by atoms with E-state index in [-0.39, 0.29) is 5.92 Å². The zero-order chi connectivity index (χ0) is 21.4. The molecule has 0 saturated carbocycles. The lowest BCUT2D eigenvalue weighted by Crippen LogP contribution is -2.10. The molecule has 156 valence electrons. The highest BCUT2D eigenvalue weighted by Crippen LogP contribution is 2.39. The zero-order valence-electron chi connectivity index (χ0n) is 17.8. The molecule has 0 aliphatic heterocycles. The number of ether oxygens (including phenoxy) is 1. The average molecular weight is 412 g/mol. The van der Waals surface area contributed by atoms with Crippen molar-refractivity contribution in [1.29, 1.82) is 0 Å². The predicted octanol–water partition coefficient (Wildman–Crippen LogP) is 4.70. The van der Waals surface area contributed by atoms with Crippen LogP contribution in [0.4, 0.5) is 11.6 Å². The van der Waals surface area contributed by atoms with E-state index in [0.717, 1.165) is 58.2 Å². The number of hydrogen-bond acceptors (Lipinski definition) is 6. The largest absolute Gasteiger partial charge is 0.495 e. The van der Waals surface area contributed by atoms with E-state index in [9.17, 15) is 0 Å². The van der Waals surface area contributed by atoms with Gasteiger partial charge >= 0.3 is 0 Å². The van der Waals surface area contributed by atoms with Gasteiger partial charge in [-0.2, -0.15) is 5.10 Å². The van der Waals surface area contributed by atoms with Gasteiger partial charge in [-0.1, -0.05) is 26.0 Å². The van der Waals surface area contributed by atoms with E-state index in [4.69, 9.17) is 14.8 Å². The number of methoxy groups -OCH3 is 1. The van der Waals surface area contributed by atoms with Crippen LogP contribution in [0.5, 0.6) is 5.75 Å². The molecule has 0 radical (unpaired) electrons.